The highest BCUT2D eigenvalue weighted by atomic mass is 19.1. The molecule has 1 saturated heterocycles. The van der Waals surface area contributed by atoms with Gasteiger partial charge in [-0.15, -0.1) is 0 Å². The minimum atomic E-state index is -0.222. The molecule has 4 heteroatoms. The van der Waals surface area contributed by atoms with Gasteiger partial charge in [-0.1, -0.05) is 0 Å². The van der Waals surface area contributed by atoms with Crippen LogP contribution < -0.4 is 10.2 Å². The Hall–Kier alpha value is -1.42. The fourth-order valence-electron chi connectivity index (χ4n) is 2.55. The summed E-state index contributed by atoms with van der Waals surface area (Å²) in [4.78, 5) is 13.9. The Morgan fingerprint density at radius 3 is 2.83 bits per heavy atom. The predicted octanol–water partition coefficient (Wildman–Crippen LogP) is 1.85. The van der Waals surface area contributed by atoms with E-state index < -0.39 is 0 Å². The second-order valence-electron chi connectivity index (χ2n) is 5.52. The molecule has 0 bridgehead atoms. The van der Waals surface area contributed by atoms with Crippen molar-refractivity contribution in [2.24, 2.45) is 5.41 Å². The van der Waals surface area contributed by atoms with Gasteiger partial charge >= 0.3 is 0 Å². The van der Waals surface area contributed by atoms with Gasteiger partial charge < -0.3 is 10.2 Å². The van der Waals surface area contributed by atoms with Crippen molar-refractivity contribution in [2.45, 2.75) is 19.8 Å². The van der Waals surface area contributed by atoms with E-state index in [9.17, 15) is 9.18 Å². The fourth-order valence-corrected chi connectivity index (χ4v) is 2.55. The molecule has 1 aliphatic carbocycles. The highest BCUT2D eigenvalue weighted by Crippen LogP contribution is 2.47. The average Bonchev–Trinajstić information content (AvgIpc) is 3.12. The SMILES string of the molecule is Cc1cc(N2CC3(CC3)CNCC2=O)ccc1F. The molecule has 3 nitrogen and oxygen atoms in total. The van der Waals surface area contributed by atoms with Crippen LogP contribution in [0.15, 0.2) is 18.2 Å². The molecule has 1 saturated carbocycles. The molecule has 1 aromatic carbocycles. The number of nitrogens with one attached hydrogen (secondary N) is 1. The summed E-state index contributed by atoms with van der Waals surface area (Å²) >= 11 is 0. The fraction of sp³-hybridized carbons (Fsp3) is 0.500. The van der Waals surface area contributed by atoms with E-state index in [2.05, 4.69) is 5.32 Å². The molecule has 1 spiro atoms. The van der Waals surface area contributed by atoms with Gasteiger partial charge in [-0.05, 0) is 43.5 Å². The number of hydrogen-bond donors (Lipinski definition) is 1. The monoisotopic (exact) mass is 248 g/mol. The molecule has 1 aromatic rings. The molecule has 3 rings (SSSR count). The summed E-state index contributed by atoms with van der Waals surface area (Å²) in [5, 5.41) is 3.21. The third kappa shape index (κ3) is 2.01. The van der Waals surface area contributed by atoms with E-state index in [1.54, 1.807) is 24.0 Å². The van der Waals surface area contributed by atoms with Gasteiger partial charge in [-0.2, -0.15) is 0 Å². The molecule has 1 aliphatic heterocycles. The number of carbonyl (C=O) groups excluding carboxylic acids is 1. The third-order valence-corrected chi connectivity index (χ3v) is 3.98. The van der Waals surface area contributed by atoms with Crippen molar-refractivity contribution >= 4 is 11.6 Å². The van der Waals surface area contributed by atoms with E-state index in [1.807, 2.05) is 0 Å². The third-order valence-electron chi connectivity index (χ3n) is 3.98. The quantitative estimate of drug-likeness (QED) is 0.822. The minimum Gasteiger partial charge on any atom is -0.311 e. The van der Waals surface area contributed by atoms with Crippen LogP contribution in [0.3, 0.4) is 0 Å². The highest BCUT2D eigenvalue weighted by molar-refractivity contribution is 5.95. The summed E-state index contributed by atoms with van der Waals surface area (Å²) in [6.45, 7) is 3.77. The maximum Gasteiger partial charge on any atom is 0.240 e. The van der Waals surface area contributed by atoms with Crippen molar-refractivity contribution in [3.63, 3.8) is 0 Å². The van der Waals surface area contributed by atoms with Gasteiger partial charge in [-0.25, -0.2) is 4.39 Å². The summed E-state index contributed by atoms with van der Waals surface area (Å²) < 4.78 is 13.3. The van der Waals surface area contributed by atoms with Crippen LogP contribution in [0.4, 0.5) is 10.1 Å². The molecule has 1 amide bonds. The van der Waals surface area contributed by atoms with Crippen LogP contribution in [0.5, 0.6) is 0 Å². The van der Waals surface area contributed by atoms with Crippen molar-refractivity contribution in [3.8, 4) is 0 Å². The van der Waals surface area contributed by atoms with Gasteiger partial charge in [0.25, 0.3) is 0 Å². The zero-order valence-corrected chi connectivity index (χ0v) is 10.5. The van der Waals surface area contributed by atoms with Crippen LogP contribution in [0, 0.1) is 18.2 Å². The predicted molar refractivity (Wildman–Crippen MR) is 68.0 cm³/mol. The Balaban J connectivity index is 1.92. The maximum atomic E-state index is 13.3. The van der Waals surface area contributed by atoms with Crippen LogP contribution in [0.2, 0.25) is 0 Å². The topological polar surface area (TPSA) is 32.3 Å². The van der Waals surface area contributed by atoms with Crippen molar-refractivity contribution in [1.82, 2.24) is 5.32 Å². The first-order valence-corrected chi connectivity index (χ1v) is 6.37. The molecule has 0 radical (unpaired) electrons. The Morgan fingerprint density at radius 2 is 2.17 bits per heavy atom. The lowest BCUT2D eigenvalue weighted by Gasteiger charge is -2.24. The first-order chi connectivity index (χ1) is 8.60. The lowest BCUT2D eigenvalue weighted by atomic mass is 10.1. The van der Waals surface area contributed by atoms with Gasteiger partial charge in [0, 0.05) is 24.2 Å². The smallest absolute Gasteiger partial charge is 0.240 e. The lowest BCUT2D eigenvalue weighted by molar-refractivity contribution is -0.117. The number of halogens is 1. The Morgan fingerprint density at radius 1 is 1.39 bits per heavy atom. The molecule has 2 fully saturated rings. The minimum absolute atomic E-state index is 0.0739. The number of carbonyl (C=O) groups is 1. The van der Waals surface area contributed by atoms with Gasteiger partial charge in [0.1, 0.15) is 5.82 Å². The number of aryl methyl sites for hydroxylation is 1. The summed E-state index contributed by atoms with van der Waals surface area (Å²) in [7, 11) is 0. The lowest BCUT2D eigenvalue weighted by Crippen LogP contribution is -2.36. The van der Waals surface area contributed by atoms with Crippen molar-refractivity contribution < 1.29 is 9.18 Å². The normalized spacial score (nSPS) is 22.1. The van der Waals surface area contributed by atoms with E-state index in [0.717, 1.165) is 18.8 Å². The van der Waals surface area contributed by atoms with E-state index in [-0.39, 0.29) is 17.1 Å². The van der Waals surface area contributed by atoms with E-state index >= 15 is 0 Å². The summed E-state index contributed by atoms with van der Waals surface area (Å²) in [6.07, 6.45) is 2.34. The molecule has 0 unspecified atom stereocenters. The van der Waals surface area contributed by atoms with E-state index in [0.29, 0.717) is 12.1 Å². The standard InChI is InChI=1S/C14H17FN2O/c1-10-6-11(2-3-12(10)15)17-9-14(4-5-14)8-16-7-13(17)18/h2-3,6,16H,4-5,7-9H2,1H3. The maximum absolute atomic E-state index is 13.3. The second-order valence-corrected chi connectivity index (χ2v) is 5.52. The summed E-state index contributed by atoms with van der Waals surface area (Å²) in [5.41, 5.74) is 1.66. The summed E-state index contributed by atoms with van der Waals surface area (Å²) in [6, 6.07) is 4.89. The van der Waals surface area contributed by atoms with Crippen LogP contribution in [0.25, 0.3) is 0 Å². The average molecular weight is 248 g/mol. The van der Waals surface area contributed by atoms with Gasteiger partial charge in [0.15, 0.2) is 0 Å². The highest BCUT2D eigenvalue weighted by Gasteiger charge is 2.46. The van der Waals surface area contributed by atoms with Crippen LogP contribution in [0.1, 0.15) is 18.4 Å². The number of hydrogen-bond acceptors (Lipinski definition) is 2. The molecular weight excluding hydrogens is 231 g/mol. The zero-order chi connectivity index (χ0) is 12.8. The van der Waals surface area contributed by atoms with Gasteiger partial charge in [0.05, 0.1) is 6.54 Å². The molecule has 18 heavy (non-hydrogen) atoms. The number of anilines is 1. The largest absolute Gasteiger partial charge is 0.311 e. The van der Waals surface area contributed by atoms with E-state index in [4.69, 9.17) is 0 Å². The number of rotatable bonds is 1. The van der Waals surface area contributed by atoms with Crippen LogP contribution in [-0.4, -0.2) is 25.5 Å². The first kappa shape index (κ1) is 11.7. The molecular formula is C14H17FN2O. The molecule has 0 aromatic heterocycles. The van der Waals surface area contributed by atoms with Crippen molar-refractivity contribution in [1.29, 1.82) is 0 Å². The molecule has 1 N–H and O–H groups in total. The second kappa shape index (κ2) is 4.05. The van der Waals surface area contributed by atoms with Gasteiger partial charge in [-0.3, -0.25) is 4.79 Å². The number of nitrogens with zero attached hydrogens (tertiary/aromatic N) is 1. The summed E-state index contributed by atoms with van der Waals surface area (Å²) in [5.74, 6) is -0.148. The first-order valence-electron chi connectivity index (χ1n) is 6.37. The molecule has 1 heterocycles. The molecule has 96 valence electrons. The Kier molecular flexibility index (Phi) is 2.63. The van der Waals surface area contributed by atoms with E-state index in [1.165, 1.54) is 18.9 Å². The number of amides is 1. The van der Waals surface area contributed by atoms with Crippen LogP contribution >= 0.6 is 0 Å². The van der Waals surface area contributed by atoms with Gasteiger partial charge in [0.2, 0.25) is 5.91 Å². The zero-order valence-electron chi connectivity index (χ0n) is 10.5. The Labute approximate surface area is 106 Å². The molecule has 0 atom stereocenters. The van der Waals surface area contributed by atoms with Crippen molar-refractivity contribution in [2.75, 3.05) is 24.5 Å². The Bertz CT molecular complexity index is 497. The number of benzene rings is 1. The van der Waals surface area contributed by atoms with Crippen molar-refractivity contribution in [3.05, 3.63) is 29.6 Å². The molecule has 2 aliphatic rings. The van der Waals surface area contributed by atoms with Crippen LogP contribution in [-0.2, 0) is 4.79 Å².